The predicted molar refractivity (Wildman–Crippen MR) is 92.7 cm³/mol. The second-order valence-electron chi connectivity index (χ2n) is 5.69. The Bertz CT molecular complexity index is 767. The van der Waals surface area contributed by atoms with Crippen LogP contribution >= 0.6 is 23.2 Å². The van der Waals surface area contributed by atoms with E-state index in [-0.39, 0.29) is 5.91 Å². The van der Waals surface area contributed by atoms with Crippen LogP contribution in [0.15, 0.2) is 43.0 Å². The van der Waals surface area contributed by atoms with Crippen molar-refractivity contribution in [1.29, 1.82) is 0 Å². The Morgan fingerprint density at radius 3 is 2.41 bits per heavy atom. The van der Waals surface area contributed by atoms with Gasteiger partial charge in [-0.2, -0.15) is 0 Å². The molecule has 1 aliphatic heterocycles. The fraction of sp³-hybridized carbons (Fsp3) is 0.167. The fourth-order valence-electron chi connectivity index (χ4n) is 2.93. The average molecular weight is 332 g/mol. The van der Waals surface area contributed by atoms with Crippen LogP contribution in [0.4, 0.5) is 5.69 Å². The first-order chi connectivity index (χ1) is 10.5. The van der Waals surface area contributed by atoms with Gasteiger partial charge in [0.05, 0.1) is 16.1 Å². The molecule has 0 fully saturated rings. The zero-order valence-corrected chi connectivity index (χ0v) is 13.6. The van der Waals surface area contributed by atoms with Crippen molar-refractivity contribution < 1.29 is 4.79 Å². The summed E-state index contributed by atoms with van der Waals surface area (Å²) in [6, 6.07) is 11.4. The number of carbonyl (C=O) groups excluding carboxylic acids is 1. The molecule has 1 heterocycles. The van der Waals surface area contributed by atoms with Crippen LogP contribution in [0, 0.1) is 0 Å². The molecule has 22 heavy (non-hydrogen) atoms. The number of nitrogens with one attached hydrogen (secondary N) is 1. The molecule has 112 valence electrons. The van der Waals surface area contributed by atoms with Crippen LogP contribution < -0.4 is 5.32 Å². The second-order valence-corrected chi connectivity index (χ2v) is 6.50. The first-order valence-electron chi connectivity index (χ1n) is 6.97. The van der Waals surface area contributed by atoms with E-state index in [4.69, 9.17) is 23.2 Å². The Hall–Kier alpha value is -1.77. The van der Waals surface area contributed by atoms with Crippen LogP contribution in [0.3, 0.4) is 0 Å². The highest BCUT2D eigenvalue weighted by molar-refractivity contribution is 6.38. The second kappa shape index (κ2) is 5.45. The molecule has 0 aliphatic carbocycles. The van der Waals surface area contributed by atoms with Gasteiger partial charge in [0.2, 0.25) is 5.91 Å². The molecule has 1 unspecified atom stereocenters. The first-order valence-corrected chi connectivity index (χ1v) is 7.72. The highest BCUT2D eigenvalue weighted by Gasteiger charge is 2.45. The van der Waals surface area contributed by atoms with E-state index in [1.807, 2.05) is 31.2 Å². The van der Waals surface area contributed by atoms with Gasteiger partial charge >= 0.3 is 0 Å². The zero-order chi connectivity index (χ0) is 15.9. The number of carbonyl (C=O) groups is 1. The van der Waals surface area contributed by atoms with Crippen LogP contribution in [0.2, 0.25) is 10.0 Å². The van der Waals surface area contributed by atoms with Gasteiger partial charge in [-0.05, 0) is 36.6 Å². The first kappa shape index (κ1) is 15.1. The van der Waals surface area contributed by atoms with E-state index in [1.54, 1.807) is 18.2 Å². The van der Waals surface area contributed by atoms with Gasteiger partial charge in [0.1, 0.15) is 0 Å². The highest BCUT2D eigenvalue weighted by Crippen LogP contribution is 2.47. The van der Waals surface area contributed by atoms with E-state index in [2.05, 4.69) is 11.9 Å². The Kier molecular flexibility index (Phi) is 3.75. The molecule has 1 atom stereocenters. The summed E-state index contributed by atoms with van der Waals surface area (Å²) in [5.41, 5.74) is 2.79. The van der Waals surface area contributed by atoms with Crippen molar-refractivity contribution in [2.45, 2.75) is 18.8 Å². The average Bonchev–Trinajstić information content (AvgIpc) is 2.77. The lowest BCUT2D eigenvalue weighted by atomic mass is 9.78. The van der Waals surface area contributed by atoms with Gasteiger partial charge in [0.25, 0.3) is 0 Å². The molecule has 2 aromatic carbocycles. The molecular weight excluding hydrogens is 317 g/mol. The lowest BCUT2D eigenvalue weighted by Crippen LogP contribution is -2.33. The molecule has 0 bridgehead atoms. The van der Waals surface area contributed by atoms with Gasteiger partial charge in [-0.1, -0.05) is 60.1 Å². The number of benzene rings is 2. The fourth-order valence-corrected chi connectivity index (χ4v) is 3.50. The van der Waals surface area contributed by atoms with E-state index in [9.17, 15) is 4.79 Å². The number of amides is 1. The van der Waals surface area contributed by atoms with Crippen LogP contribution in [0.5, 0.6) is 0 Å². The molecule has 3 rings (SSSR count). The quantitative estimate of drug-likeness (QED) is 0.833. The zero-order valence-electron chi connectivity index (χ0n) is 12.1. The predicted octanol–water partition coefficient (Wildman–Crippen LogP) is 5.09. The number of hydrogen-bond donors (Lipinski definition) is 1. The van der Waals surface area contributed by atoms with Gasteiger partial charge < -0.3 is 5.32 Å². The summed E-state index contributed by atoms with van der Waals surface area (Å²) in [5, 5.41) is 3.94. The van der Waals surface area contributed by atoms with Crippen molar-refractivity contribution >= 4 is 40.9 Å². The molecule has 0 radical (unpaired) electrons. The van der Waals surface area contributed by atoms with Crippen molar-refractivity contribution in [1.82, 2.24) is 0 Å². The third kappa shape index (κ3) is 2.33. The van der Waals surface area contributed by atoms with Crippen LogP contribution in [0.1, 0.15) is 23.6 Å². The molecule has 0 saturated heterocycles. The normalized spacial score (nSPS) is 19.7. The SMILES string of the molecule is C=Cc1ccc(CC2(C)C(=O)Nc3c(Cl)ccc(Cl)c32)cc1. The third-order valence-electron chi connectivity index (χ3n) is 4.17. The molecule has 4 heteroatoms. The van der Waals surface area contributed by atoms with Crippen LogP contribution in [-0.2, 0) is 16.6 Å². The Balaban J connectivity index is 2.04. The largest absolute Gasteiger partial charge is 0.324 e. The van der Waals surface area contributed by atoms with E-state index in [0.717, 1.165) is 16.7 Å². The van der Waals surface area contributed by atoms with E-state index >= 15 is 0 Å². The summed E-state index contributed by atoms with van der Waals surface area (Å²) < 4.78 is 0. The molecule has 2 nitrogen and oxygen atoms in total. The number of fused-ring (bicyclic) bond motifs is 1. The summed E-state index contributed by atoms with van der Waals surface area (Å²) in [4.78, 5) is 12.5. The monoisotopic (exact) mass is 331 g/mol. The van der Waals surface area contributed by atoms with Gasteiger partial charge in [-0.3, -0.25) is 4.79 Å². The van der Waals surface area contributed by atoms with Crippen molar-refractivity contribution in [3.8, 4) is 0 Å². The Morgan fingerprint density at radius 1 is 1.14 bits per heavy atom. The van der Waals surface area contributed by atoms with Crippen molar-refractivity contribution in [3.05, 3.63) is 69.7 Å². The smallest absolute Gasteiger partial charge is 0.235 e. The van der Waals surface area contributed by atoms with Gasteiger partial charge in [0, 0.05) is 10.6 Å². The van der Waals surface area contributed by atoms with E-state index < -0.39 is 5.41 Å². The van der Waals surface area contributed by atoms with Crippen LogP contribution in [-0.4, -0.2) is 5.91 Å². The number of rotatable bonds is 3. The number of hydrogen-bond acceptors (Lipinski definition) is 1. The van der Waals surface area contributed by atoms with E-state index in [1.165, 1.54) is 0 Å². The minimum Gasteiger partial charge on any atom is -0.324 e. The lowest BCUT2D eigenvalue weighted by molar-refractivity contribution is -0.120. The van der Waals surface area contributed by atoms with E-state index in [0.29, 0.717) is 22.2 Å². The Morgan fingerprint density at radius 2 is 1.77 bits per heavy atom. The molecule has 1 amide bonds. The summed E-state index contributed by atoms with van der Waals surface area (Å²) in [7, 11) is 0. The Labute approximate surface area is 139 Å². The standard InChI is InChI=1S/C18H15Cl2NO/c1-3-11-4-6-12(7-5-11)10-18(2)15-13(19)8-9-14(20)16(15)21-17(18)22/h3-9H,1,10H2,2H3,(H,21,22). The molecular formula is C18H15Cl2NO. The minimum atomic E-state index is -0.729. The maximum Gasteiger partial charge on any atom is 0.235 e. The maximum atomic E-state index is 12.5. The molecule has 0 aromatic heterocycles. The summed E-state index contributed by atoms with van der Waals surface area (Å²) in [6.07, 6.45) is 2.35. The summed E-state index contributed by atoms with van der Waals surface area (Å²) in [5.74, 6) is -0.0784. The summed E-state index contributed by atoms with van der Waals surface area (Å²) >= 11 is 12.5. The maximum absolute atomic E-state index is 12.5. The molecule has 1 N–H and O–H groups in total. The van der Waals surface area contributed by atoms with Crippen molar-refractivity contribution in [2.24, 2.45) is 0 Å². The topological polar surface area (TPSA) is 29.1 Å². The van der Waals surface area contributed by atoms with Crippen LogP contribution in [0.25, 0.3) is 6.08 Å². The van der Waals surface area contributed by atoms with Gasteiger partial charge in [-0.15, -0.1) is 0 Å². The molecule has 1 aliphatic rings. The molecule has 2 aromatic rings. The number of halogens is 2. The van der Waals surface area contributed by atoms with Crippen molar-refractivity contribution in [3.63, 3.8) is 0 Å². The third-order valence-corrected chi connectivity index (χ3v) is 4.80. The molecule has 0 saturated carbocycles. The van der Waals surface area contributed by atoms with Gasteiger partial charge in [0.15, 0.2) is 0 Å². The minimum absolute atomic E-state index is 0.0784. The van der Waals surface area contributed by atoms with Crippen molar-refractivity contribution in [2.75, 3.05) is 5.32 Å². The summed E-state index contributed by atoms with van der Waals surface area (Å²) in [6.45, 7) is 5.64. The highest BCUT2D eigenvalue weighted by atomic mass is 35.5. The van der Waals surface area contributed by atoms with Gasteiger partial charge in [-0.25, -0.2) is 0 Å². The molecule has 0 spiro atoms. The lowest BCUT2D eigenvalue weighted by Gasteiger charge is -2.23. The number of anilines is 1.